The molecule has 1 fully saturated rings. The Kier molecular flexibility index (Phi) is 6.46. The van der Waals surface area contributed by atoms with Crippen LogP contribution in [0.3, 0.4) is 0 Å². The average Bonchev–Trinajstić information content (AvgIpc) is 2.48. The molecule has 1 saturated carbocycles. The molecule has 0 aromatic carbocycles. The van der Waals surface area contributed by atoms with Crippen molar-refractivity contribution in [1.29, 1.82) is 0 Å². The lowest BCUT2D eigenvalue weighted by Gasteiger charge is -2.16. The predicted octanol–water partition coefficient (Wildman–Crippen LogP) is 2.07. The van der Waals surface area contributed by atoms with Crippen LogP contribution >= 0.6 is 0 Å². The average molecular weight is 226 g/mol. The molecule has 16 heavy (non-hydrogen) atoms. The summed E-state index contributed by atoms with van der Waals surface area (Å²) in [6, 6.07) is 0.553. The fourth-order valence-corrected chi connectivity index (χ4v) is 2.26. The third kappa shape index (κ3) is 5.50. The molecule has 1 aliphatic carbocycles. The van der Waals surface area contributed by atoms with Crippen molar-refractivity contribution in [2.75, 3.05) is 13.1 Å². The number of rotatable bonds is 5. The second-order valence-corrected chi connectivity index (χ2v) is 5.04. The smallest absolute Gasteiger partial charge is 0.233 e. The van der Waals surface area contributed by atoms with E-state index in [1.165, 1.54) is 32.1 Å². The summed E-state index contributed by atoms with van der Waals surface area (Å²) in [6.45, 7) is 5.68. The van der Waals surface area contributed by atoms with Crippen molar-refractivity contribution >= 4 is 5.91 Å². The van der Waals surface area contributed by atoms with Crippen LogP contribution < -0.4 is 10.6 Å². The summed E-state index contributed by atoms with van der Waals surface area (Å²) in [5, 5.41) is 6.27. The summed E-state index contributed by atoms with van der Waals surface area (Å²) in [7, 11) is 0. The van der Waals surface area contributed by atoms with Gasteiger partial charge in [0.2, 0.25) is 5.91 Å². The standard InChI is InChI=1S/C13H26N2O/c1-3-9-14-13(16)10-15-12-6-4-5-11(2)7-8-12/h11-12,15H,3-10H2,1-2H3,(H,14,16). The van der Waals surface area contributed by atoms with Crippen LogP contribution in [-0.4, -0.2) is 25.0 Å². The molecular formula is C13H26N2O. The Morgan fingerprint density at radius 2 is 2.06 bits per heavy atom. The van der Waals surface area contributed by atoms with Crippen molar-refractivity contribution in [2.45, 2.75) is 58.4 Å². The van der Waals surface area contributed by atoms with E-state index in [-0.39, 0.29) is 5.91 Å². The fourth-order valence-electron chi connectivity index (χ4n) is 2.26. The zero-order chi connectivity index (χ0) is 11.8. The Morgan fingerprint density at radius 3 is 2.81 bits per heavy atom. The van der Waals surface area contributed by atoms with Gasteiger partial charge in [0.15, 0.2) is 0 Å². The first-order valence-electron chi connectivity index (χ1n) is 6.72. The molecular weight excluding hydrogens is 200 g/mol. The molecule has 3 heteroatoms. The quantitative estimate of drug-likeness (QED) is 0.705. The highest BCUT2D eigenvalue weighted by Crippen LogP contribution is 2.22. The van der Waals surface area contributed by atoms with Gasteiger partial charge < -0.3 is 10.6 Å². The lowest BCUT2D eigenvalue weighted by Crippen LogP contribution is -2.39. The van der Waals surface area contributed by atoms with Crippen molar-refractivity contribution in [1.82, 2.24) is 10.6 Å². The first kappa shape index (κ1) is 13.5. The van der Waals surface area contributed by atoms with E-state index in [9.17, 15) is 4.79 Å². The van der Waals surface area contributed by atoms with Crippen LogP contribution in [0.2, 0.25) is 0 Å². The van der Waals surface area contributed by atoms with Crippen LogP contribution in [0.5, 0.6) is 0 Å². The summed E-state index contributed by atoms with van der Waals surface area (Å²) < 4.78 is 0. The van der Waals surface area contributed by atoms with Gasteiger partial charge in [-0.05, 0) is 31.6 Å². The summed E-state index contributed by atoms with van der Waals surface area (Å²) in [4.78, 5) is 11.4. The molecule has 0 radical (unpaired) electrons. The van der Waals surface area contributed by atoms with Crippen molar-refractivity contribution in [3.8, 4) is 0 Å². The molecule has 0 aliphatic heterocycles. The Bertz CT molecular complexity index is 206. The molecule has 0 bridgehead atoms. The zero-order valence-electron chi connectivity index (χ0n) is 10.7. The normalized spacial score (nSPS) is 26.1. The van der Waals surface area contributed by atoms with Gasteiger partial charge in [0.25, 0.3) is 0 Å². The summed E-state index contributed by atoms with van der Waals surface area (Å²) in [5.74, 6) is 1.000. The molecule has 1 amide bonds. The predicted molar refractivity (Wildman–Crippen MR) is 67.3 cm³/mol. The number of carbonyl (C=O) groups excluding carboxylic acids is 1. The third-order valence-electron chi connectivity index (χ3n) is 3.38. The maximum atomic E-state index is 11.4. The van der Waals surface area contributed by atoms with Gasteiger partial charge >= 0.3 is 0 Å². The molecule has 1 rings (SSSR count). The van der Waals surface area contributed by atoms with Gasteiger partial charge in [0.1, 0.15) is 0 Å². The second-order valence-electron chi connectivity index (χ2n) is 5.04. The molecule has 0 heterocycles. The van der Waals surface area contributed by atoms with Gasteiger partial charge in [-0.15, -0.1) is 0 Å². The molecule has 1 aliphatic rings. The van der Waals surface area contributed by atoms with Crippen molar-refractivity contribution in [3.05, 3.63) is 0 Å². The summed E-state index contributed by atoms with van der Waals surface area (Å²) in [5.41, 5.74) is 0. The Balaban J connectivity index is 2.14. The van der Waals surface area contributed by atoms with Crippen molar-refractivity contribution in [3.63, 3.8) is 0 Å². The number of carbonyl (C=O) groups is 1. The number of hydrogen-bond donors (Lipinski definition) is 2. The van der Waals surface area contributed by atoms with E-state index >= 15 is 0 Å². The number of hydrogen-bond acceptors (Lipinski definition) is 2. The van der Waals surface area contributed by atoms with Crippen LogP contribution in [0.4, 0.5) is 0 Å². The summed E-state index contributed by atoms with van der Waals surface area (Å²) in [6.07, 6.45) is 7.41. The Hall–Kier alpha value is -0.570. The van der Waals surface area contributed by atoms with Gasteiger partial charge in [0.05, 0.1) is 6.54 Å². The Morgan fingerprint density at radius 1 is 1.25 bits per heavy atom. The van der Waals surface area contributed by atoms with Gasteiger partial charge in [-0.3, -0.25) is 4.79 Å². The highest BCUT2D eigenvalue weighted by atomic mass is 16.1. The van der Waals surface area contributed by atoms with Crippen LogP contribution in [0, 0.1) is 5.92 Å². The van der Waals surface area contributed by atoms with Gasteiger partial charge in [-0.2, -0.15) is 0 Å². The highest BCUT2D eigenvalue weighted by molar-refractivity contribution is 5.77. The number of amides is 1. The molecule has 2 unspecified atom stereocenters. The van der Waals surface area contributed by atoms with Crippen LogP contribution in [0.15, 0.2) is 0 Å². The van der Waals surface area contributed by atoms with Crippen molar-refractivity contribution in [2.24, 2.45) is 5.92 Å². The van der Waals surface area contributed by atoms with E-state index in [0.717, 1.165) is 18.9 Å². The van der Waals surface area contributed by atoms with Gasteiger partial charge in [-0.25, -0.2) is 0 Å². The first-order chi connectivity index (χ1) is 7.72. The van der Waals surface area contributed by atoms with Gasteiger partial charge in [0, 0.05) is 12.6 Å². The van der Waals surface area contributed by atoms with Crippen LogP contribution in [-0.2, 0) is 4.79 Å². The minimum Gasteiger partial charge on any atom is -0.355 e. The highest BCUT2D eigenvalue weighted by Gasteiger charge is 2.16. The van der Waals surface area contributed by atoms with E-state index in [1.807, 2.05) is 0 Å². The number of nitrogens with one attached hydrogen (secondary N) is 2. The first-order valence-corrected chi connectivity index (χ1v) is 6.72. The fraction of sp³-hybridized carbons (Fsp3) is 0.923. The minimum atomic E-state index is 0.138. The molecule has 0 saturated heterocycles. The monoisotopic (exact) mass is 226 g/mol. The maximum absolute atomic E-state index is 11.4. The summed E-state index contributed by atoms with van der Waals surface area (Å²) >= 11 is 0. The van der Waals surface area contributed by atoms with Crippen LogP contribution in [0.25, 0.3) is 0 Å². The van der Waals surface area contributed by atoms with Gasteiger partial charge in [-0.1, -0.05) is 26.7 Å². The van der Waals surface area contributed by atoms with E-state index in [1.54, 1.807) is 0 Å². The maximum Gasteiger partial charge on any atom is 0.233 e. The molecule has 0 spiro atoms. The van der Waals surface area contributed by atoms with E-state index in [4.69, 9.17) is 0 Å². The van der Waals surface area contributed by atoms with Crippen molar-refractivity contribution < 1.29 is 4.79 Å². The van der Waals surface area contributed by atoms with E-state index in [0.29, 0.717) is 12.6 Å². The lowest BCUT2D eigenvalue weighted by molar-refractivity contribution is -0.120. The SMILES string of the molecule is CCCNC(=O)CNC1CCCC(C)CC1. The molecule has 3 nitrogen and oxygen atoms in total. The zero-order valence-corrected chi connectivity index (χ0v) is 10.7. The molecule has 2 atom stereocenters. The minimum absolute atomic E-state index is 0.138. The van der Waals surface area contributed by atoms with Crippen LogP contribution in [0.1, 0.15) is 52.4 Å². The van der Waals surface area contributed by atoms with E-state index < -0.39 is 0 Å². The Labute approximate surface area is 99.4 Å². The second kappa shape index (κ2) is 7.66. The topological polar surface area (TPSA) is 41.1 Å². The molecule has 2 N–H and O–H groups in total. The largest absolute Gasteiger partial charge is 0.355 e. The molecule has 94 valence electrons. The molecule has 0 aromatic rings. The molecule has 0 aromatic heterocycles. The third-order valence-corrected chi connectivity index (χ3v) is 3.38. The lowest BCUT2D eigenvalue weighted by atomic mass is 10.0. The van der Waals surface area contributed by atoms with E-state index in [2.05, 4.69) is 24.5 Å².